The van der Waals surface area contributed by atoms with Crippen LogP contribution in [0.3, 0.4) is 0 Å². The molecule has 0 aliphatic rings. The molecule has 9 heteroatoms. The normalized spacial score (nSPS) is 13.0. The van der Waals surface area contributed by atoms with Gasteiger partial charge in [0.2, 0.25) is 5.91 Å². The lowest BCUT2D eigenvalue weighted by Gasteiger charge is -2.27. The van der Waals surface area contributed by atoms with Crippen LogP contribution in [0.2, 0.25) is 0 Å². The molecule has 0 saturated heterocycles. The summed E-state index contributed by atoms with van der Waals surface area (Å²) in [6, 6.07) is 8.39. The van der Waals surface area contributed by atoms with Gasteiger partial charge in [-0.25, -0.2) is 9.59 Å². The molecular formula is C21H33N3O6. The fraction of sp³-hybridized carbons (Fsp3) is 0.571. The van der Waals surface area contributed by atoms with Crippen LogP contribution in [0.5, 0.6) is 0 Å². The SMILES string of the molecule is CN(C)C(=O)CC[C@H](NC(=O)OC(C)(C)C)C(O)CNC(=O)OCc1ccccc1. The second-order valence-corrected chi connectivity index (χ2v) is 8.09. The van der Waals surface area contributed by atoms with Crippen molar-refractivity contribution in [3.8, 4) is 0 Å². The molecule has 3 N–H and O–H groups in total. The highest BCUT2D eigenvalue weighted by Gasteiger charge is 2.26. The van der Waals surface area contributed by atoms with Gasteiger partial charge in [-0.3, -0.25) is 4.79 Å². The number of aliphatic hydroxyl groups is 1. The molecule has 0 aromatic heterocycles. The lowest BCUT2D eigenvalue weighted by molar-refractivity contribution is -0.129. The zero-order valence-corrected chi connectivity index (χ0v) is 18.3. The van der Waals surface area contributed by atoms with E-state index in [1.807, 2.05) is 30.3 Å². The molecule has 30 heavy (non-hydrogen) atoms. The van der Waals surface area contributed by atoms with E-state index in [4.69, 9.17) is 9.47 Å². The summed E-state index contributed by atoms with van der Waals surface area (Å²) in [4.78, 5) is 37.3. The standard InChI is InChI=1S/C21H33N3O6/c1-21(2,3)30-20(28)23-16(11-12-18(26)24(4)5)17(25)13-22-19(27)29-14-15-9-7-6-8-10-15/h6-10,16-17,25H,11-14H2,1-5H3,(H,22,27)(H,23,28)/t16-,17?/m0/s1. The Kier molecular flexibility index (Phi) is 10.1. The molecule has 3 amide bonds. The molecule has 0 bridgehead atoms. The van der Waals surface area contributed by atoms with Crippen LogP contribution < -0.4 is 10.6 Å². The Hall–Kier alpha value is -2.81. The summed E-state index contributed by atoms with van der Waals surface area (Å²) in [7, 11) is 3.25. The molecule has 2 atom stereocenters. The van der Waals surface area contributed by atoms with E-state index in [0.29, 0.717) is 0 Å². The van der Waals surface area contributed by atoms with Gasteiger partial charge in [-0.15, -0.1) is 0 Å². The highest BCUT2D eigenvalue weighted by atomic mass is 16.6. The first kappa shape index (κ1) is 25.2. The molecule has 0 radical (unpaired) electrons. The van der Waals surface area contributed by atoms with E-state index in [1.165, 1.54) is 4.90 Å². The Balaban J connectivity index is 2.59. The fourth-order valence-corrected chi connectivity index (χ4v) is 2.43. The van der Waals surface area contributed by atoms with E-state index in [-0.39, 0.29) is 31.9 Å². The molecule has 168 valence electrons. The summed E-state index contributed by atoms with van der Waals surface area (Å²) in [6.07, 6.45) is -2.26. The van der Waals surface area contributed by atoms with Crippen LogP contribution in [-0.4, -0.2) is 66.5 Å². The lowest BCUT2D eigenvalue weighted by atomic mass is 10.0. The highest BCUT2D eigenvalue weighted by molar-refractivity contribution is 5.75. The minimum atomic E-state index is -1.14. The number of benzene rings is 1. The van der Waals surface area contributed by atoms with E-state index in [9.17, 15) is 19.5 Å². The average molecular weight is 424 g/mol. The number of ether oxygens (including phenoxy) is 2. The van der Waals surface area contributed by atoms with E-state index < -0.39 is 29.9 Å². The average Bonchev–Trinajstić information content (AvgIpc) is 2.66. The van der Waals surface area contributed by atoms with Crippen LogP contribution in [0.4, 0.5) is 9.59 Å². The van der Waals surface area contributed by atoms with Gasteiger partial charge in [0, 0.05) is 27.1 Å². The van der Waals surface area contributed by atoms with E-state index in [0.717, 1.165) is 5.56 Å². The minimum absolute atomic E-state index is 0.0969. The van der Waals surface area contributed by atoms with Gasteiger partial charge in [-0.2, -0.15) is 0 Å². The topological polar surface area (TPSA) is 117 Å². The number of hydrogen-bond donors (Lipinski definition) is 3. The van der Waals surface area contributed by atoms with Gasteiger partial charge in [-0.1, -0.05) is 30.3 Å². The third kappa shape index (κ3) is 10.7. The number of carbonyl (C=O) groups excluding carboxylic acids is 3. The van der Waals surface area contributed by atoms with Crippen molar-refractivity contribution < 1.29 is 29.0 Å². The molecular weight excluding hydrogens is 390 g/mol. The Bertz CT molecular complexity index is 688. The Morgan fingerprint density at radius 2 is 1.73 bits per heavy atom. The molecule has 0 fully saturated rings. The fourth-order valence-electron chi connectivity index (χ4n) is 2.43. The number of aliphatic hydroxyl groups excluding tert-OH is 1. The minimum Gasteiger partial charge on any atom is -0.445 e. The van der Waals surface area contributed by atoms with Crippen molar-refractivity contribution >= 4 is 18.1 Å². The van der Waals surface area contributed by atoms with Crippen LogP contribution in [-0.2, 0) is 20.9 Å². The summed E-state index contributed by atoms with van der Waals surface area (Å²) >= 11 is 0. The lowest BCUT2D eigenvalue weighted by Crippen LogP contribution is -2.50. The molecule has 0 aliphatic heterocycles. The summed E-state index contributed by atoms with van der Waals surface area (Å²) in [5.74, 6) is -0.145. The van der Waals surface area contributed by atoms with Gasteiger partial charge >= 0.3 is 12.2 Å². The quantitative estimate of drug-likeness (QED) is 0.560. The van der Waals surface area contributed by atoms with Crippen molar-refractivity contribution in [2.45, 2.75) is 58.0 Å². The monoisotopic (exact) mass is 423 g/mol. The molecule has 0 spiro atoms. The van der Waals surface area contributed by atoms with Crippen molar-refractivity contribution in [3.05, 3.63) is 35.9 Å². The second kappa shape index (κ2) is 12.0. The van der Waals surface area contributed by atoms with Crippen LogP contribution in [0.15, 0.2) is 30.3 Å². The number of nitrogens with zero attached hydrogens (tertiary/aromatic N) is 1. The summed E-state index contributed by atoms with van der Waals surface area (Å²) < 4.78 is 10.3. The van der Waals surface area contributed by atoms with Crippen LogP contribution in [0.25, 0.3) is 0 Å². The molecule has 1 unspecified atom stereocenters. The van der Waals surface area contributed by atoms with Crippen molar-refractivity contribution in [3.63, 3.8) is 0 Å². The van der Waals surface area contributed by atoms with Gasteiger partial charge in [0.1, 0.15) is 12.2 Å². The Morgan fingerprint density at radius 3 is 2.30 bits per heavy atom. The van der Waals surface area contributed by atoms with Gasteiger partial charge in [0.15, 0.2) is 0 Å². The maximum atomic E-state index is 12.1. The smallest absolute Gasteiger partial charge is 0.407 e. The zero-order valence-electron chi connectivity index (χ0n) is 18.3. The van der Waals surface area contributed by atoms with Crippen molar-refractivity contribution in [1.82, 2.24) is 15.5 Å². The molecule has 1 rings (SSSR count). The largest absolute Gasteiger partial charge is 0.445 e. The van der Waals surface area contributed by atoms with Crippen LogP contribution >= 0.6 is 0 Å². The zero-order chi connectivity index (χ0) is 22.7. The number of hydrogen-bond acceptors (Lipinski definition) is 6. The van der Waals surface area contributed by atoms with Gasteiger partial charge < -0.3 is 30.1 Å². The van der Waals surface area contributed by atoms with E-state index in [1.54, 1.807) is 34.9 Å². The molecule has 0 saturated carbocycles. The van der Waals surface area contributed by atoms with Crippen molar-refractivity contribution in [2.24, 2.45) is 0 Å². The van der Waals surface area contributed by atoms with Crippen LogP contribution in [0.1, 0.15) is 39.2 Å². The number of alkyl carbamates (subject to hydrolysis) is 2. The summed E-state index contributed by atoms with van der Waals surface area (Å²) in [6.45, 7) is 5.09. The van der Waals surface area contributed by atoms with Crippen molar-refractivity contribution in [1.29, 1.82) is 0 Å². The van der Waals surface area contributed by atoms with Gasteiger partial charge in [0.25, 0.3) is 0 Å². The number of amides is 3. The molecule has 1 aromatic rings. The Labute approximate surface area is 177 Å². The van der Waals surface area contributed by atoms with Gasteiger partial charge in [0.05, 0.1) is 12.1 Å². The van der Waals surface area contributed by atoms with Crippen LogP contribution in [0, 0.1) is 0 Å². The summed E-state index contributed by atoms with van der Waals surface area (Å²) in [5.41, 5.74) is 0.123. The molecule has 1 aromatic carbocycles. The third-order valence-electron chi connectivity index (χ3n) is 4.00. The first-order valence-corrected chi connectivity index (χ1v) is 9.80. The Morgan fingerprint density at radius 1 is 1.10 bits per heavy atom. The van der Waals surface area contributed by atoms with Crippen molar-refractivity contribution in [2.75, 3.05) is 20.6 Å². The molecule has 0 aliphatic carbocycles. The number of nitrogens with one attached hydrogen (secondary N) is 2. The van der Waals surface area contributed by atoms with E-state index in [2.05, 4.69) is 10.6 Å². The maximum absolute atomic E-state index is 12.1. The first-order valence-electron chi connectivity index (χ1n) is 9.80. The summed E-state index contributed by atoms with van der Waals surface area (Å²) in [5, 5.41) is 15.5. The molecule has 0 heterocycles. The predicted molar refractivity (Wildman–Crippen MR) is 112 cm³/mol. The first-order chi connectivity index (χ1) is 14.0. The van der Waals surface area contributed by atoms with E-state index >= 15 is 0 Å². The second-order valence-electron chi connectivity index (χ2n) is 8.09. The maximum Gasteiger partial charge on any atom is 0.407 e. The third-order valence-corrected chi connectivity index (χ3v) is 4.00. The highest BCUT2D eigenvalue weighted by Crippen LogP contribution is 2.10. The predicted octanol–water partition coefficient (Wildman–Crippen LogP) is 2.04. The number of rotatable bonds is 9. The van der Waals surface area contributed by atoms with Gasteiger partial charge in [-0.05, 0) is 32.8 Å². The number of carbonyl (C=O) groups is 3. The molecule has 9 nitrogen and oxygen atoms in total.